The molecule has 0 aliphatic rings. The van der Waals surface area contributed by atoms with Crippen LogP contribution in [0.15, 0.2) is 42.5 Å². The minimum Gasteiger partial charge on any atom is -0.508 e. The highest BCUT2D eigenvalue weighted by Gasteiger charge is 2.30. The molecule has 0 aromatic heterocycles. The molecule has 0 unspecified atom stereocenters. The number of carbonyl (C=O) groups is 1. The number of carbonyl (C=O) groups excluding carboxylic acids is 1. The van der Waals surface area contributed by atoms with Gasteiger partial charge in [0.1, 0.15) is 5.75 Å². The van der Waals surface area contributed by atoms with Crippen LogP contribution in [0.1, 0.15) is 21.5 Å². The average molecular weight is 281 g/mol. The minimum absolute atomic E-state index is 0.0647. The lowest BCUT2D eigenvalue weighted by molar-refractivity contribution is -0.137. The van der Waals surface area contributed by atoms with Crippen LogP contribution in [-0.2, 0) is 6.18 Å². The van der Waals surface area contributed by atoms with E-state index in [1.54, 1.807) is 0 Å². The Balaban J connectivity index is 2.34. The molecule has 104 valence electrons. The predicted molar refractivity (Wildman–Crippen MR) is 67.4 cm³/mol. The SMILES string of the molecule is Nc1cc(O)ccc1C(=O)c1ccc(C(F)(F)F)cc1. The summed E-state index contributed by atoms with van der Waals surface area (Å²) < 4.78 is 37.3. The zero-order chi connectivity index (χ0) is 14.9. The molecule has 3 nitrogen and oxygen atoms in total. The summed E-state index contributed by atoms with van der Waals surface area (Å²) in [6.07, 6.45) is -4.45. The second-order valence-corrected chi connectivity index (χ2v) is 4.18. The fourth-order valence-electron chi connectivity index (χ4n) is 1.72. The number of rotatable bonds is 2. The van der Waals surface area contributed by atoms with Gasteiger partial charge in [-0.2, -0.15) is 13.2 Å². The van der Waals surface area contributed by atoms with E-state index in [9.17, 15) is 23.1 Å². The highest BCUT2D eigenvalue weighted by atomic mass is 19.4. The van der Waals surface area contributed by atoms with E-state index in [4.69, 9.17) is 5.73 Å². The van der Waals surface area contributed by atoms with Gasteiger partial charge < -0.3 is 10.8 Å². The number of benzene rings is 2. The molecule has 20 heavy (non-hydrogen) atoms. The van der Waals surface area contributed by atoms with Crippen molar-refractivity contribution >= 4 is 11.5 Å². The number of phenols is 1. The number of nitrogen functional groups attached to an aromatic ring is 1. The van der Waals surface area contributed by atoms with E-state index in [2.05, 4.69) is 0 Å². The van der Waals surface area contributed by atoms with Gasteiger partial charge in [0.25, 0.3) is 0 Å². The van der Waals surface area contributed by atoms with Gasteiger partial charge in [-0.05, 0) is 24.3 Å². The number of aromatic hydroxyl groups is 1. The Bertz CT molecular complexity index is 648. The number of hydrogen-bond donors (Lipinski definition) is 2. The molecule has 0 fully saturated rings. The van der Waals surface area contributed by atoms with Gasteiger partial charge in [-0.3, -0.25) is 4.79 Å². The topological polar surface area (TPSA) is 63.3 Å². The molecule has 0 atom stereocenters. The molecule has 3 N–H and O–H groups in total. The Kier molecular flexibility index (Phi) is 3.40. The van der Waals surface area contributed by atoms with Crippen LogP contribution in [0.2, 0.25) is 0 Å². The lowest BCUT2D eigenvalue weighted by Crippen LogP contribution is -2.08. The molecule has 0 spiro atoms. The Morgan fingerprint density at radius 2 is 1.65 bits per heavy atom. The number of anilines is 1. The highest BCUT2D eigenvalue weighted by Crippen LogP contribution is 2.29. The molecule has 2 rings (SSSR count). The number of hydrogen-bond acceptors (Lipinski definition) is 3. The van der Waals surface area contributed by atoms with E-state index in [-0.39, 0.29) is 22.6 Å². The van der Waals surface area contributed by atoms with Crippen molar-refractivity contribution in [1.29, 1.82) is 0 Å². The van der Waals surface area contributed by atoms with Gasteiger partial charge in [-0.25, -0.2) is 0 Å². The summed E-state index contributed by atoms with van der Waals surface area (Å²) in [6, 6.07) is 7.68. The zero-order valence-electron chi connectivity index (χ0n) is 10.1. The summed E-state index contributed by atoms with van der Waals surface area (Å²) >= 11 is 0. The summed E-state index contributed by atoms with van der Waals surface area (Å²) in [6.45, 7) is 0. The summed E-state index contributed by atoms with van der Waals surface area (Å²) in [5.74, 6) is -0.595. The van der Waals surface area contributed by atoms with Crippen molar-refractivity contribution in [2.75, 3.05) is 5.73 Å². The maximum absolute atomic E-state index is 12.4. The first-order chi connectivity index (χ1) is 9.29. The maximum atomic E-state index is 12.4. The molecule has 2 aromatic carbocycles. The zero-order valence-corrected chi connectivity index (χ0v) is 10.1. The molecule has 0 saturated heterocycles. The average Bonchev–Trinajstić information content (AvgIpc) is 2.37. The van der Waals surface area contributed by atoms with Crippen LogP contribution in [-0.4, -0.2) is 10.9 Å². The van der Waals surface area contributed by atoms with Crippen molar-refractivity contribution in [3.63, 3.8) is 0 Å². The van der Waals surface area contributed by atoms with E-state index in [0.29, 0.717) is 0 Å². The van der Waals surface area contributed by atoms with Gasteiger partial charge in [0.15, 0.2) is 5.78 Å². The summed E-state index contributed by atoms with van der Waals surface area (Å²) in [5.41, 5.74) is 5.06. The lowest BCUT2D eigenvalue weighted by atomic mass is 10.0. The monoisotopic (exact) mass is 281 g/mol. The number of nitrogens with two attached hydrogens (primary N) is 1. The van der Waals surface area contributed by atoms with Gasteiger partial charge in [-0.1, -0.05) is 12.1 Å². The fraction of sp³-hybridized carbons (Fsp3) is 0.0714. The quantitative estimate of drug-likeness (QED) is 0.656. The van der Waals surface area contributed by atoms with Crippen molar-refractivity contribution < 1.29 is 23.1 Å². The standard InChI is InChI=1S/C14H10F3NO2/c15-14(16,17)9-3-1-8(2-4-9)13(20)11-6-5-10(19)7-12(11)18/h1-7,19H,18H2. The van der Waals surface area contributed by atoms with Crippen LogP contribution in [0.25, 0.3) is 0 Å². The minimum atomic E-state index is -4.45. The van der Waals surface area contributed by atoms with Crippen LogP contribution in [0.5, 0.6) is 5.75 Å². The van der Waals surface area contributed by atoms with Crippen molar-refractivity contribution in [1.82, 2.24) is 0 Å². The number of alkyl halides is 3. The van der Waals surface area contributed by atoms with Gasteiger partial charge in [0.05, 0.1) is 5.56 Å². The number of ketones is 1. The van der Waals surface area contributed by atoms with Crippen LogP contribution in [0, 0.1) is 0 Å². The summed E-state index contributed by atoms with van der Waals surface area (Å²) in [5, 5.41) is 9.20. The molecular weight excluding hydrogens is 271 g/mol. The third-order valence-corrected chi connectivity index (χ3v) is 2.75. The van der Waals surface area contributed by atoms with E-state index in [0.717, 1.165) is 24.3 Å². The summed E-state index contributed by atoms with van der Waals surface area (Å²) in [4.78, 5) is 12.1. The normalized spacial score (nSPS) is 11.3. The molecular formula is C14H10F3NO2. The predicted octanol–water partition coefficient (Wildman–Crippen LogP) is 3.22. The molecule has 0 saturated carbocycles. The summed E-state index contributed by atoms with van der Waals surface area (Å²) in [7, 11) is 0. The van der Waals surface area contributed by atoms with Crippen molar-refractivity contribution in [3.05, 3.63) is 59.2 Å². The molecule has 0 bridgehead atoms. The molecule has 6 heteroatoms. The molecule has 0 radical (unpaired) electrons. The Morgan fingerprint density at radius 1 is 1.05 bits per heavy atom. The number of halogens is 3. The molecule has 0 aliphatic heterocycles. The molecule has 0 aliphatic carbocycles. The first-order valence-electron chi connectivity index (χ1n) is 5.59. The van der Waals surface area contributed by atoms with Gasteiger partial charge in [0, 0.05) is 22.9 Å². The smallest absolute Gasteiger partial charge is 0.416 e. The molecule has 0 amide bonds. The van der Waals surface area contributed by atoms with E-state index in [1.165, 1.54) is 18.2 Å². The van der Waals surface area contributed by atoms with Crippen molar-refractivity contribution in [2.45, 2.75) is 6.18 Å². The molecule has 2 aromatic rings. The lowest BCUT2D eigenvalue weighted by Gasteiger charge is -2.08. The molecule has 0 heterocycles. The van der Waals surface area contributed by atoms with Crippen LogP contribution < -0.4 is 5.73 Å². The van der Waals surface area contributed by atoms with Crippen LogP contribution >= 0.6 is 0 Å². The number of phenolic OH excluding ortho intramolecular Hbond substituents is 1. The van der Waals surface area contributed by atoms with Gasteiger partial charge in [-0.15, -0.1) is 0 Å². The Morgan fingerprint density at radius 3 is 2.15 bits per heavy atom. The van der Waals surface area contributed by atoms with E-state index in [1.807, 2.05) is 0 Å². The van der Waals surface area contributed by atoms with Crippen LogP contribution in [0.4, 0.5) is 18.9 Å². The first-order valence-corrected chi connectivity index (χ1v) is 5.59. The van der Waals surface area contributed by atoms with Crippen molar-refractivity contribution in [2.24, 2.45) is 0 Å². The van der Waals surface area contributed by atoms with Crippen molar-refractivity contribution in [3.8, 4) is 5.75 Å². The third-order valence-electron chi connectivity index (χ3n) is 2.75. The second-order valence-electron chi connectivity index (χ2n) is 4.18. The Labute approximate surface area is 112 Å². The van der Waals surface area contributed by atoms with E-state index >= 15 is 0 Å². The van der Waals surface area contributed by atoms with Gasteiger partial charge >= 0.3 is 6.18 Å². The largest absolute Gasteiger partial charge is 0.508 e. The van der Waals surface area contributed by atoms with Crippen LogP contribution in [0.3, 0.4) is 0 Å². The Hall–Kier alpha value is -2.50. The highest BCUT2D eigenvalue weighted by molar-refractivity contribution is 6.12. The first kappa shape index (κ1) is 13.9. The third kappa shape index (κ3) is 2.74. The van der Waals surface area contributed by atoms with E-state index < -0.39 is 17.5 Å². The van der Waals surface area contributed by atoms with Gasteiger partial charge in [0.2, 0.25) is 0 Å². The fourth-order valence-corrected chi connectivity index (χ4v) is 1.72. The maximum Gasteiger partial charge on any atom is 0.416 e. The second kappa shape index (κ2) is 4.88.